The van der Waals surface area contributed by atoms with Crippen LogP contribution in [0.3, 0.4) is 0 Å². The maximum atomic E-state index is 13.4. The Morgan fingerprint density at radius 3 is 2.54 bits per heavy atom. The highest BCUT2D eigenvalue weighted by molar-refractivity contribution is 7.89. The molecule has 2 aliphatic heterocycles. The van der Waals surface area contributed by atoms with Gasteiger partial charge in [-0.3, -0.25) is 0 Å². The van der Waals surface area contributed by atoms with Gasteiger partial charge in [0.05, 0.1) is 24.7 Å². The van der Waals surface area contributed by atoms with Gasteiger partial charge in [0.25, 0.3) is 0 Å². The summed E-state index contributed by atoms with van der Waals surface area (Å²) in [5.41, 5.74) is 1.51. The number of ether oxygens (including phenoxy) is 3. The number of fused-ring (bicyclic) bond motifs is 2. The van der Waals surface area contributed by atoms with Crippen LogP contribution in [0.2, 0.25) is 0 Å². The second kappa shape index (κ2) is 9.24. The largest absolute Gasteiger partial charge is 0.497 e. The summed E-state index contributed by atoms with van der Waals surface area (Å²) < 4.78 is 45.5. The van der Waals surface area contributed by atoms with Crippen LogP contribution in [-0.2, 0) is 10.0 Å². The molecule has 0 aliphatic carbocycles. The third-order valence-corrected chi connectivity index (χ3v) is 8.27. The molecule has 0 bridgehead atoms. The van der Waals surface area contributed by atoms with Crippen LogP contribution in [0.25, 0.3) is 0 Å². The fourth-order valence-electron chi connectivity index (χ4n) is 4.51. The van der Waals surface area contributed by atoms with Gasteiger partial charge in [-0.1, -0.05) is 24.3 Å². The van der Waals surface area contributed by atoms with E-state index in [1.807, 2.05) is 49.4 Å². The van der Waals surface area contributed by atoms with Crippen molar-refractivity contribution in [3.8, 4) is 23.0 Å². The lowest BCUT2D eigenvalue weighted by Crippen LogP contribution is -2.55. The lowest BCUT2D eigenvalue weighted by atomic mass is 10.1. The summed E-state index contributed by atoms with van der Waals surface area (Å²) in [7, 11) is -0.552. The van der Waals surface area contributed by atoms with E-state index in [9.17, 15) is 8.42 Å². The first-order chi connectivity index (χ1) is 16.9. The van der Waals surface area contributed by atoms with Gasteiger partial charge in [-0.25, -0.2) is 13.4 Å². The van der Waals surface area contributed by atoms with Crippen molar-refractivity contribution < 1.29 is 22.6 Å². The average molecular weight is 494 g/mol. The maximum Gasteiger partial charge on any atom is 0.243 e. The third-order valence-electron chi connectivity index (χ3n) is 6.26. The minimum atomic E-state index is -3.68. The molecule has 3 aromatic rings. The summed E-state index contributed by atoms with van der Waals surface area (Å²) in [5, 5.41) is 0. The van der Waals surface area contributed by atoms with Gasteiger partial charge in [0, 0.05) is 31.7 Å². The fraction of sp³-hybridized carbons (Fsp3) is 0.269. The summed E-state index contributed by atoms with van der Waals surface area (Å²) in [6.07, 6.45) is 0. The summed E-state index contributed by atoms with van der Waals surface area (Å²) in [6.45, 7) is 3.19. The number of sulfonamides is 1. The molecule has 2 aliphatic rings. The lowest BCUT2D eigenvalue weighted by molar-refractivity contribution is 0.205. The van der Waals surface area contributed by atoms with Crippen molar-refractivity contribution in [3.05, 3.63) is 72.3 Å². The number of benzene rings is 3. The summed E-state index contributed by atoms with van der Waals surface area (Å²) in [6, 6.07) is 19.6. The molecule has 1 unspecified atom stereocenters. The van der Waals surface area contributed by atoms with E-state index in [1.54, 1.807) is 35.7 Å². The topological polar surface area (TPSA) is 80.7 Å². The minimum absolute atomic E-state index is 0.223. The van der Waals surface area contributed by atoms with Crippen molar-refractivity contribution in [2.75, 3.05) is 33.9 Å². The zero-order valence-electron chi connectivity index (χ0n) is 19.8. The summed E-state index contributed by atoms with van der Waals surface area (Å²) >= 11 is 0. The Labute approximate surface area is 205 Å². The number of hydrogen-bond donors (Lipinski definition) is 0. The molecule has 1 fully saturated rings. The van der Waals surface area contributed by atoms with Crippen LogP contribution in [-0.4, -0.2) is 63.4 Å². The molecule has 0 radical (unpaired) electrons. The first kappa shape index (κ1) is 23.2. The summed E-state index contributed by atoms with van der Waals surface area (Å²) in [4.78, 5) is 7.30. The van der Waals surface area contributed by atoms with Crippen LogP contribution in [0.4, 0.5) is 5.69 Å². The van der Waals surface area contributed by atoms with Crippen molar-refractivity contribution in [3.63, 3.8) is 0 Å². The molecule has 8 nitrogen and oxygen atoms in total. The highest BCUT2D eigenvalue weighted by atomic mass is 32.2. The smallest absolute Gasteiger partial charge is 0.243 e. The first-order valence-electron chi connectivity index (χ1n) is 11.4. The number of methoxy groups -OCH3 is 2. The Kier molecular flexibility index (Phi) is 6.12. The molecule has 0 aromatic heterocycles. The van der Waals surface area contributed by atoms with E-state index in [1.165, 1.54) is 7.11 Å². The Bertz CT molecular complexity index is 1390. The number of aliphatic imine (C=N–C) groups is 1. The van der Waals surface area contributed by atoms with E-state index in [0.29, 0.717) is 48.3 Å². The molecule has 182 valence electrons. The average Bonchev–Trinajstić information content (AvgIpc) is 3.05. The number of piperazine rings is 1. The molecule has 0 saturated carbocycles. The zero-order valence-corrected chi connectivity index (χ0v) is 20.7. The second-order valence-electron chi connectivity index (χ2n) is 8.43. The van der Waals surface area contributed by atoms with Gasteiger partial charge in [-0.2, -0.15) is 4.31 Å². The van der Waals surface area contributed by atoms with Gasteiger partial charge in [0.15, 0.2) is 17.2 Å². The molecule has 9 heteroatoms. The van der Waals surface area contributed by atoms with Crippen molar-refractivity contribution in [2.45, 2.75) is 17.9 Å². The van der Waals surface area contributed by atoms with Crippen LogP contribution in [0.15, 0.2) is 76.6 Å². The third kappa shape index (κ3) is 4.21. The molecule has 0 N–H and O–H groups in total. The van der Waals surface area contributed by atoms with Gasteiger partial charge in [-0.05, 0) is 43.3 Å². The molecule has 0 spiro atoms. The molecule has 5 rings (SSSR count). The Balaban J connectivity index is 1.49. The molecule has 1 atom stereocenters. The monoisotopic (exact) mass is 493 g/mol. The van der Waals surface area contributed by atoms with E-state index < -0.39 is 10.0 Å². The van der Waals surface area contributed by atoms with Gasteiger partial charge in [-0.15, -0.1) is 0 Å². The number of rotatable bonds is 4. The van der Waals surface area contributed by atoms with Crippen LogP contribution >= 0.6 is 0 Å². The molecule has 35 heavy (non-hydrogen) atoms. The van der Waals surface area contributed by atoms with Gasteiger partial charge < -0.3 is 19.1 Å². The SMILES string of the molecule is COc1cccc(S(=O)(=O)N2CCN(C3=Nc4ccccc4Oc4c(OC)cccc43)CC2C)c1. The van der Waals surface area contributed by atoms with E-state index in [4.69, 9.17) is 19.2 Å². The molecule has 3 aromatic carbocycles. The quantitative estimate of drug-likeness (QED) is 0.540. The Hall–Kier alpha value is -3.56. The number of nitrogens with zero attached hydrogens (tertiary/aromatic N) is 3. The Morgan fingerprint density at radius 1 is 0.971 bits per heavy atom. The van der Waals surface area contributed by atoms with E-state index in [-0.39, 0.29) is 10.9 Å². The predicted octanol–water partition coefficient (Wildman–Crippen LogP) is 4.28. The highest BCUT2D eigenvalue weighted by Crippen LogP contribution is 2.43. The maximum absolute atomic E-state index is 13.4. The van der Waals surface area contributed by atoms with Crippen molar-refractivity contribution in [2.24, 2.45) is 4.99 Å². The van der Waals surface area contributed by atoms with E-state index >= 15 is 0 Å². The fourth-order valence-corrected chi connectivity index (χ4v) is 6.16. The standard InChI is InChI=1S/C26H27N3O5S/c1-18-17-28(14-15-29(18)35(30,31)20-9-6-8-19(16-20)32-2)26-21-10-7-13-24(33-3)25(21)34-23-12-5-4-11-22(23)27-26/h4-13,16,18H,14-15,17H2,1-3H3. The van der Waals surface area contributed by atoms with E-state index in [0.717, 1.165) is 11.4 Å². The van der Waals surface area contributed by atoms with E-state index in [2.05, 4.69) is 4.90 Å². The molecular weight excluding hydrogens is 466 g/mol. The second-order valence-corrected chi connectivity index (χ2v) is 10.3. The van der Waals surface area contributed by atoms with Crippen LogP contribution in [0.1, 0.15) is 12.5 Å². The normalized spacial score (nSPS) is 18.0. The molecule has 0 amide bonds. The van der Waals surface area contributed by atoms with Crippen LogP contribution in [0, 0.1) is 0 Å². The zero-order chi connectivity index (χ0) is 24.6. The highest BCUT2D eigenvalue weighted by Gasteiger charge is 2.36. The van der Waals surface area contributed by atoms with Crippen molar-refractivity contribution >= 4 is 21.5 Å². The Morgan fingerprint density at radius 2 is 1.77 bits per heavy atom. The minimum Gasteiger partial charge on any atom is -0.497 e. The molecule has 2 heterocycles. The lowest BCUT2D eigenvalue weighted by Gasteiger charge is -2.40. The predicted molar refractivity (Wildman–Crippen MR) is 134 cm³/mol. The van der Waals surface area contributed by atoms with Crippen molar-refractivity contribution in [1.82, 2.24) is 9.21 Å². The number of para-hydroxylation sites is 3. The van der Waals surface area contributed by atoms with Crippen LogP contribution in [0.5, 0.6) is 23.0 Å². The van der Waals surface area contributed by atoms with Gasteiger partial charge in [0.2, 0.25) is 10.0 Å². The van der Waals surface area contributed by atoms with Gasteiger partial charge >= 0.3 is 0 Å². The number of hydrogen-bond acceptors (Lipinski definition) is 7. The van der Waals surface area contributed by atoms with Gasteiger partial charge in [0.1, 0.15) is 17.3 Å². The molecule has 1 saturated heterocycles. The molecular formula is C26H27N3O5S. The number of amidine groups is 1. The summed E-state index contributed by atoms with van der Waals surface area (Å²) in [5.74, 6) is 3.08. The van der Waals surface area contributed by atoms with Crippen molar-refractivity contribution in [1.29, 1.82) is 0 Å². The van der Waals surface area contributed by atoms with Crippen LogP contribution < -0.4 is 14.2 Å². The first-order valence-corrected chi connectivity index (χ1v) is 12.8.